The molecular weight excluding hydrogens is 319 g/mol. The normalized spacial score (nSPS) is 11.4. The highest BCUT2D eigenvalue weighted by atomic mass is 19.1. The van der Waals surface area contributed by atoms with E-state index in [-0.39, 0.29) is 11.2 Å². The lowest BCUT2D eigenvalue weighted by Crippen LogP contribution is -2.40. The van der Waals surface area contributed by atoms with Crippen LogP contribution in [-0.2, 0) is 10.2 Å². The minimum absolute atomic E-state index is 0.00830. The van der Waals surface area contributed by atoms with Crippen LogP contribution in [0, 0.1) is 5.82 Å². The van der Waals surface area contributed by atoms with Crippen molar-refractivity contribution < 1.29 is 14.0 Å². The second-order valence-electron chi connectivity index (χ2n) is 6.66. The average molecular weight is 340 g/mol. The van der Waals surface area contributed by atoms with Gasteiger partial charge in [0.1, 0.15) is 5.82 Å². The van der Waals surface area contributed by atoms with E-state index in [4.69, 9.17) is 0 Å². The van der Waals surface area contributed by atoms with Gasteiger partial charge >= 0.3 is 0 Å². The molecule has 0 aliphatic heterocycles. The number of halogens is 1. The highest BCUT2D eigenvalue weighted by molar-refractivity contribution is 5.97. The molecule has 0 spiro atoms. The Morgan fingerprint density at radius 2 is 1.52 bits per heavy atom. The highest BCUT2D eigenvalue weighted by Crippen LogP contribution is 2.22. The first-order valence-electron chi connectivity index (χ1n) is 7.90. The second kappa shape index (κ2) is 7.75. The molecule has 0 fully saturated rings. The summed E-state index contributed by atoms with van der Waals surface area (Å²) in [7, 11) is 0. The standard InChI is InChI=1S/C20H21FN2O2/c1-20(2,3)16-9-7-15(8-10-16)19(25)23-22-18(24)13-6-14-4-11-17(21)12-5-14/h4-13H,1-3H3,(H,22,24)(H,23,25). The number of hydrogen-bond donors (Lipinski definition) is 2. The maximum absolute atomic E-state index is 12.8. The van der Waals surface area contributed by atoms with Crippen LogP contribution in [0.4, 0.5) is 4.39 Å². The monoisotopic (exact) mass is 340 g/mol. The van der Waals surface area contributed by atoms with Gasteiger partial charge in [-0.15, -0.1) is 0 Å². The van der Waals surface area contributed by atoms with Crippen molar-refractivity contribution in [2.45, 2.75) is 26.2 Å². The van der Waals surface area contributed by atoms with Crippen molar-refractivity contribution in [3.63, 3.8) is 0 Å². The Bertz CT molecular complexity index is 773. The topological polar surface area (TPSA) is 58.2 Å². The van der Waals surface area contributed by atoms with Crippen molar-refractivity contribution in [1.82, 2.24) is 10.9 Å². The smallest absolute Gasteiger partial charge is 0.268 e. The van der Waals surface area contributed by atoms with Crippen LogP contribution in [0.1, 0.15) is 42.3 Å². The predicted molar refractivity (Wildman–Crippen MR) is 96.2 cm³/mol. The number of nitrogens with one attached hydrogen (secondary N) is 2. The number of rotatable bonds is 3. The molecule has 5 heteroatoms. The third-order valence-electron chi connectivity index (χ3n) is 3.61. The SMILES string of the molecule is CC(C)(C)c1ccc(C(=O)NNC(=O)C=Cc2ccc(F)cc2)cc1. The molecule has 0 aromatic heterocycles. The zero-order chi connectivity index (χ0) is 18.4. The molecule has 4 nitrogen and oxygen atoms in total. The molecule has 0 aliphatic rings. The second-order valence-corrected chi connectivity index (χ2v) is 6.66. The lowest BCUT2D eigenvalue weighted by atomic mass is 9.87. The highest BCUT2D eigenvalue weighted by Gasteiger charge is 2.14. The lowest BCUT2D eigenvalue weighted by Gasteiger charge is -2.19. The average Bonchev–Trinajstić information content (AvgIpc) is 2.58. The van der Waals surface area contributed by atoms with E-state index in [1.165, 1.54) is 24.3 Å². The van der Waals surface area contributed by atoms with Crippen LogP contribution in [0.25, 0.3) is 6.08 Å². The van der Waals surface area contributed by atoms with Gasteiger partial charge in [0.2, 0.25) is 0 Å². The number of benzene rings is 2. The van der Waals surface area contributed by atoms with E-state index in [0.29, 0.717) is 11.1 Å². The van der Waals surface area contributed by atoms with Gasteiger partial charge in [0.15, 0.2) is 0 Å². The molecular formula is C20H21FN2O2. The molecule has 0 saturated heterocycles. The van der Waals surface area contributed by atoms with E-state index in [1.54, 1.807) is 24.3 Å². The fraction of sp³-hybridized carbons (Fsp3) is 0.200. The van der Waals surface area contributed by atoms with Crippen molar-refractivity contribution >= 4 is 17.9 Å². The molecule has 0 saturated carbocycles. The molecule has 2 rings (SSSR count). The summed E-state index contributed by atoms with van der Waals surface area (Å²) in [6, 6.07) is 12.9. The van der Waals surface area contributed by atoms with Crippen LogP contribution in [0.15, 0.2) is 54.6 Å². The van der Waals surface area contributed by atoms with E-state index in [0.717, 1.165) is 5.56 Å². The largest absolute Gasteiger partial charge is 0.269 e. The van der Waals surface area contributed by atoms with Crippen molar-refractivity contribution in [3.8, 4) is 0 Å². The van der Waals surface area contributed by atoms with Crippen LogP contribution < -0.4 is 10.9 Å². The first kappa shape index (κ1) is 18.4. The van der Waals surface area contributed by atoms with Gasteiger partial charge in [0, 0.05) is 11.6 Å². The van der Waals surface area contributed by atoms with Crippen molar-refractivity contribution in [2.24, 2.45) is 0 Å². The lowest BCUT2D eigenvalue weighted by molar-refractivity contribution is -0.117. The van der Waals surface area contributed by atoms with Gasteiger partial charge in [-0.05, 0) is 46.9 Å². The quantitative estimate of drug-likeness (QED) is 0.662. The zero-order valence-corrected chi connectivity index (χ0v) is 14.5. The molecule has 2 amide bonds. The van der Waals surface area contributed by atoms with Gasteiger partial charge in [-0.3, -0.25) is 20.4 Å². The molecule has 0 radical (unpaired) electrons. The van der Waals surface area contributed by atoms with E-state index in [9.17, 15) is 14.0 Å². The minimum Gasteiger partial charge on any atom is -0.268 e. The molecule has 25 heavy (non-hydrogen) atoms. The Hall–Kier alpha value is -2.95. The number of hydrazine groups is 1. The third kappa shape index (κ3) is 5.57. The van der Waals surface area contributed by atoms with E-state index >= 15 is 0 Å². The minimum atomic E-state index is -0.482. The molecule has 0 atom stereocenters. The predicted octanol–water partition coefficient (Wildman–Crippen LogP) is 3.60. The number of carbonyl (C=O) groups excluding carboxylic acids is 2. The first-order valence-corrected chi connectivity index (χ1v) is 7.90. The van der Waals surface area contributed by atoms with Crippen molar-refractivity contribution in [3.05, 3.63) is 77.1 Å². The maximum Gasteiger partial charge on any atom is 0.269 e. The van der Waals surface area contributed by atoms with Gasteiger partial charge in [-0.25, -0.2) is 4.39 Å². The van der Waals surface area contributed by atoms with E-state index in [2.05, 4.69) is 31.6 Å². The zero-order valence-electron chi connectivity index (χ0n) is 14.5. The van der Waals surface area contributed by atoms with Crippen LogP contribution in [0.5, 0.6) is 0 Å². The first-order chi connectivity index (χ1) is 11.8. The third-order valence-corrected chi connectivity index (χ3v) is 3.61. The fourth-order valence-electron chi connectivity index (χ4n) is 2.10. The summed E-state index contributed by atoms with van der Waals surface area (Å²) in [5.74, 6) is -1.22. The molecule has 2 aromatic rings. The van der Waals surface area contributed by atoms with Crippen LogP contribution in [0.3, 0.4) is 0 Å². The Balaban J connectivity index is 1.88. The summed E-state index contributed by atoms with van der Waals surface area (Å²) in [5, 5.41) is 0. The van der Waals surface area contributed by atoms with Gasteiger partial charge in [0.25, 0.3) is 11.8 Å². The van der Waals surface area contributed by atoms with Crippen LogP contribution in [-0.4, -0.2) is 11.8 Å². The molecule has 0 heterocycles. The van der Waals surface area contributed by atoms with E-state index < -0.39 is 11.8 Å². The van der Waals surface area contributed by atoms with Crippen LogP contribution >= 0.6 is 0 Å². The summed E-state index contributed by atoms with van der Waals surface area (Å²) in [6.07, 6.45) is 2.79. The number of hydrogen-bond acceptors (Lipinski definition) is 2. The van der Waals surface area contributed by atoms with Crippen molar-refractivity contribution in [1.29, 1.82) is 0 Å². The summed E-state index contributed by atoms with van der Waals surface area (Å²) < 4.78 is 12.8. The van der Waals surface area contributed by atoms with E-state index in [1.807, 2.05) is 12.1 Å². The van der Waals surface area contributed by atoms with Crippen LogP contribution in [0.2, 0.25) is 0 Å². The maximum atomic E-state index is 12.8. The summed E-state index contributed by atoms with van der Waals surface area (Å²) in [4.78, 5) is 23.7. The molecule has 130 valence electrons. The van der Waals surface area contributed by atoms with Gasteiger partial charge < -0.3 is 0 Å². The summed E-state index contributed by atoms with van der Waals surface area (Å²) in [6.45, 7) is 6.28. The molecule has 0 unspecified atom stereocenters. The number of carbonyl (C=O) groups is 2. The summed E-state index contributed by atoms with van der Waals surface area (Å²) >= 11 is 0. The summed E-state index contributed by atoms with van der Waals surface area (Å²) in [5.41, 5.74) is 6.93. The Morgan fingerprint density at radius 3 is 2.08 bits per heavy atom. The Kier molecular flexibility index (Phi) is 5.70. The molecule has 0 bridgehead atoms. The Morgan fingerprint density at radius 1 is 0.920 bits per heavy atom. The number of amides is 2. The Labute approximate surface area is 146 Å². The van der Waals surface area contributed by atoms with Gasteiger partial charge in [-0.2, -0.15) is 0 Å². The molecule has 2 aromatic carbocycles. The van der Waals surface area contributed by atoms with Crippen molar-refractivity contribution in [2.75, 3.05) is 0 Å². The molecule has 0 aliphatic carbocycles. The van der Waals surface area contributed by atoms with Gasteiger partial charge in [0.05, 0.1) is 0 Å². The fourth-order valence-corrected chi connectivity index (χ4v) is 2.10. The molecule has 2 N–H and O–H groups in total. The van der Waals surface area contributed by atoms with Gasteiger partial charge in [-0.1, -0.05) is 45.0 Å².